The van der Waals surface area contributed by atoms with Crippen molar-refractivity contribution >= 4 is 29.9 Å². The van der Waals surface area contributed by atoms with Crippen LogP contribution in [-0.4, -0.2) is 19.6 Å². The first-order chi connectivity index (χ1) is 10.9. The Morgan fingerprint density at radius 1 is 1.17 bits per heavy atom. The molecule has 2 aliphatic carbocycles. The van der Waals surface area contributed by atoms with Crippen molar-refractivity contribution in [1.29, 1.82) is 0 Å². The summed E-state index contributed by atoms with van der Waals surface area (Å²) in [6.07, 6.45) is 0.991. The molecule has 2 saturated carbocycles. The number of nitrogens with zero attached hydrogens (tertiary/aromatic N) is 1. The van der Waals surface area contributed by atoms with Crippen LogP contribution < -0.4 is 10.6 Å². The molecule has 0 aromatic heterocycles. The van der Waals surface area contributed by atoms with Gasteiger partial charge in [0.05, 0.1) is 5.56 Å². The first-order valence-electron chi connectivity index (χ1n) is 8.04. The maximum absolute atomic E-state index is 12.5. The fraction of sp³-hybridized carbons (Fsp3) is 0.588. The van der Waals surface area contributed by atoms with Gasteiger partial charge in [-0.25, -0.2) is 0 Å². The summed E-state index contributed by atoms with van der Waals surface area (Å²) in [6.45, 7) is 1.39. The Morgan fingerprint density at radius 3 is 2.25 bits per heavy atom. The summed E-state index contributed by atoms with van der Waals surface area (Å²) < 4.78 is 37.6. The Labute approximate surface area is 157 Å². The zero-order valence-electron chi connectivity index (χ0n) is 13.6. The third-order valence-corrected chi connectivity index (χ3v) is 4.91. The number of guanidine groups is 1. The van der Waals surface area contributed by atoms with Crippen LogP contribution in [-0.2, 0) is 12.7 Å². The van der Waals surface area contributed by atoms with E-state index in [4.69, 9.17) is 0 Å². The molecule has 0 atom stereocenters. The van der Waals surface area contributed by atoms with Crippen molar-refractivity contribution in [2.75, 3.05) is 13.6 Å². The predicted octanol–water partition coefficient (Wildman–Crippen LogP) is 4.18. The first kappa shape index (κ1) is 19.3. The van der Waals surface area contributed by atoms with Crippen molar-refractivity contribution in [1.82, 2.24) is 10.6 Å². The van der Waals surface area contributed by atoms with E-state index in [2.05, 4.69) is 15.6 Å². The molecular formula is C17H23F3IN3. The lowest BCUT2D eigenvalue weighted by molar-refractivity contribution is -0.137. The van der Waals surface area contributed by atoms with E-state index in [0.29, 0.717) is 17.9 Å². The van der Waals surface area contributed by atoms with E-state index >= 15 is 0 Å². The average molecular weight is 453 g/mol. The standard InChI is InChI=1S/C17H22F3N3.HI/c1-21-15(23-11-16(8-9-16)13-6-7-13)22-10-12-2-4-14(5-3-12)17(18,19)20;/h2-5,13H,6-11H2,1H3,(H2,21,22,23);1H. The van der Waals surface area contributed by atoms with Crippen LogP contribution in [0.25, 0.3) is 0 Å². The van der Waals surface area contributed by atoms with Crippen LogP contribution in [0.5, 0.6) is 0 Å². The highest BCUT2D eigenvalue weighted by Crippen LogP contribution is 2.60. The fourth-order valence-corrected chi connectivity index (χ4v) is 3.06. The molecular weight excluding hydrogens is 430 g/mol. The second-order valence-corrected chi connectivity index (χ2v) is 6.61. The van der Waals surface area contributed by atoms with E-state index in [0.717, 1.165) is 30.2 Å². The molecule has 3 nitrogen and oxygen atoms in total. The van der Waals surface area contributed by atoms with Crippen LogP contribution in [0.3, 0.4) is 0 Å². The number of benzene rings is 1. The zero-order valence-corrected chi connectivity index (χ0v) is 15.9. The quantitative estimate of drug-likeness (QED) is 0.399. The predicted molar refractivity (Wildman–Crippen MR) is 99.5 cm³/mol. The van der Waals surface area contributed by atoms with E-state index in [1.807, 2.05) is 0 Å². The zero-order chi connectivity index (χ0) is 16.5. The van der Waals surface area contributed by atoms with Gasteiger partial charge in [0.25, 0.3) is 0 Å². The van der Waals surface area contributed by atoms with Crippen molar-refractivity contribution in [2.24, 2.45) is 16.3 Å². The van der Waals surface area contributed by atoms with Crippen molar-refractivity contribution in [2.45, 2.75) is 38.4 Å². The lowest BCUT2D eigenvalue weighted by Crippen LogP contribution is -2.40. The van der Waals surface area contributed by atoms with Gasteiger partial charge in [0, 0.05) is 20.1 Å². The molecule has 1 aromatic rings. The minimum atomic E-state index is -4.29. The van der Waals surface area contributed by atoms with Gasteiger partial charge in [0.2, 0.25) is 0 Å². The highest BCUT2D eigenvalue weighted by molar-refractivity contribution is 14.0. The normalized spacial score (nSPS) is 19.4. The van der Waals surface area contributed by atoms with Crippen molar-refractivity contribution < 1.29 is 13.2 Å². The summed E-state index contributed by atoms with van der Waals surface area (Å²) in [5.74, 6) is 1.58. The van der Waals surface area contributed by atoms with E-state index < -0.39 is 11.7 Å². The Balaban J connectivity index is 0.00000208. The summed E-state index contributed by atoms with van der Waals surface area (Å²) in [5.41, 5.74) is 0.652. The summed E-state index contributed by atoms with van der Waals surface area (Å²) in [6, 6.07) is 5.21. The minimum absolute atomic E-state index is 0. The molecule has 2 fully saturated rings. The Morgan fingerprint density at radius 2 is 1.79 bits per heavy atom. The number of rotatable bonds is 5. The second kappa shape index (κ2) is 7.49. The molecule has 0 saturated heterocycles. The maximum atomic E-state index is 12.5. The smallest absolute Gasteiger partial charge is 0.356 e. The van der Waals surface area contributed by atoms with Crippen LogP contribution in [0.1, 0.15) is 36.8 Å². The number of nitrogens with one attached hydrogen (secondary N) is 2. The molecule has 0 unspecified atom stereocenters. The van der Waals surface area contributed by atoms with Crippen LogP contribution in [0.2, 0.25) is 0 Å². The Bertz CT molecular complexity index is 576. The number of hydrogen-bond acceptors (Lipinski definition) is 1. The number of alkyl halides is 3. The molecule has 24 heavy (non-hydrogen) atoms. The third kappa shape index (κ3) is 4.77. The van der Waals surface area contributed by atoms with E-state index in [1.54, 1.807) is 7.05 Å². The van der Waals surface area contributed by atoms with Crippen LogP contribution >= 0.6 is 24.0 Å². The number of halogens is 4. The molecule has 0 bridgehead atoms. The highest BCUT2D eigenvalue weighted by Gasteiger charge is 2.53. The van der Waals surface area contributed by atoms with Gasteiger partial charge >= 0.3 is 6.18 Å². The SMILES string of the molecule is CN=C(NCc1ccc(C(F)(F)F)cc1)NCC1(C2CC2)CC1.I. The summed E-state index contributed by atoms with van der Waals surface area (Å²) in [7, 11) is 1.71. The van der Waals surface area contributed by atoms with Gasteiger partial charge in [-0.3, -0.25) is 4.99 Å². The van der Waals surface area contributed by atoms with Gasteiger partial charge in [0.15, 0.2) is 5.96 Å². The monoisotopic (exact) mass is 453 g/mol. The van der Waals surface area contributed by atoms with Gasteiger partial charge in [-0.05, 0) is 54.7 Å². The fourth-order valence-electron chi connectivity index (χ4n) is 3.06. The largest absolute Gasteiger partial charge is 0.416 e. The average Bonchev–Trinajstić information content (AvgIpc) is 3.39. The third-order valence-electron chi connectivity index (χ3n) is 4.91. The lowest BCUT2D eigenvalue weighted by Gasteiger charge is -2.18. The van der Waals surface area contributed by atoms with Crippen molar-refractivity contribution in [3.8, 4) is 0 Å². The molecule has 2 aliphatic rings. The van der Waals surface area contributed by atoms with E-state index in [-0.39, 0.29) is 24.0 Å². The topological polar surface area (TPSA) is 36.4 Å². The molecule has 134 valence electrons. The summed E-state index contributed by atoms with van der Waals surface area (Å²) in [5, 5.41) is 6.52. The molecule has 1 aromatic carbocycles. The lowest BCUT2D eigenvalue weighted by atomic mass is 10.0. The van der Waals surface area contributed by atoms with Crippen LogP contribution in [0.4, 0.5) is 13.2 Å². The van der Waals surface area contributed by atoms with Gasteiger partial charge in [0.1, 0.15) is 0 Å². The van der Waals surface area contributed by atoms with Gasteiger partial charge in [-0.15, -0.1) is 24.0 Å². The van der Waals surface area contributed by atoms with Crippen LogP contribution in [0, 0.1) is 11.3 Å². The Kier molecular flexibility index (Phi) is 6.04. The molecule has 2 N–H and O–H groups in total. The van der Waals surface area contributed by atoms with Crippen LogP contribution in [0.15, 0.2) is 29.3 Å². The number of hydrogen-bond donors (Lipinski definition) is 2. The van der Waals surface area contributed by atoms with E-state index in [9.17, 15) is 13.2 Å². The first-order valence-corrected chi connectivity index (χ1v) is 8.04. The minimum Gasteiger partial charge on any atom is -0.356 e. The molecule has 3 rings (SSSR count). The van der Waals surface area contributed by atoms with Crippen molar-refractivity contribution in [3.05, 3.63) is 35.4 Å². The van der Waals surface area contributed by atoms with Gasteiger partial charge < -0.3 is 10.6 Å². The molecule has 0 spiro atoms. The van der Waals surface area contributed by atoms with Crippen molar-refractivity contribution in [3.63, 3.8) is 0 Å². The molecule has 0 radical (unpaired) electrons. The summed E-state index contributed by atoms with van der Waals surface area (Å²) in [4.78, 5) is 4.18. The molecule has 0 amide bonds. The van der Waals surface area contributed by atoms with Gasteiger partial charge in [-0.1, -0.05) is 12.1 Å². The molecule has 0 aliphatic heterocycles. The van der Waals surface area contributed by atoms with E-state index in [1.165, 1.54) is 37.8 Å². The maximum Gasteiger partial charge on any atom is 0.416 e. The molecule has 7 heteroatoms. The molecule has 0 heterocycles. The Hall–Kier alpha value is -0.990. The summed E-state index contributed by atoms with van der Waals surface area (Å²) >= 11 is 0. The highest BCUT2D eigenvalue weighted by atomic mass is 127. The van der Waals surface area contributed by atoms with Gasteiger partial charge in [-0.2, -0.15) is 13.2 Å². The second-order valence-electron chi connectivity index (χ2n) is 6.61. The number of aliphatic imine (C=N–C) groups is 1.